The Bertz CT molecular complexity index is 312. The van der Waals surface area contributed by atoms with Crippen molar-refractivity contribution in [3.63, 3.8) is 0 Å². The summed E-state index contributed by atoms with van der Waals surface area (Å²) in [6.07, 6.45) is 10.3. The summed E-state index contributed by atoms with van der Waals surface area (Å²) in [4.78, 5) is 14.6. The molecule has 2 aliphatic carbocycles. The average molecular weight is 250 g/mol. The van der Waals surface area contributed by atoms with Crippen molar-refractivity contribution in [1.82, 2.24) is 4.90 Å². The molecule has 0 aromatic rings. The zero-order valence-electron chi connectivity index (χ0n) is 11.3. The van der Waals surface area contributed by atoms with Gasteiger partial charge < -0.3 is 10.6 Å². The van der Waals surface area contributed by atoms with Crippen LogP contribution >= 0.6 is 0 Å². The Kier molecular flexibility index (Phi) is 3.60. The number of hydrogen-bond acceptors (Lipinski definition) is 2. The van der Waals surface area contributed by atoms with Crippen molar-refractivity contribution >= 4 is 5.91 Å². The summed E-state index contributed by atoms with van der Waals surface area (Å²) in [5, 5.41) is 0. The Balaban J connectivity index is 1.55. The monoisotopic (exact) mass is 250 g/mol. The highest BCUT2D eigenvalue weighted by molar-refractivity contribution is 5.82. The van der Waals surface area contributed by atoms with E-state index in [1.165, 1.54) is 32.1 Å². The van der Waals surface area contributed by atoms with Gasteiger partial charge in [-0.05, 0) is 31.1 Å². The molecule has 1 aliphatic heterocycles. The predicted molar refractivity (Wildman–Crippen MR) is 72.0 cm³/mol. The number of rotatable bonds is 3. The fourth-order valence-corrected chi connectivity index (χ4v) is 4.17. The van der Waals surface area contributed by atoms with Gasteiger partial charge in [0, 0.05) is 25.0 Å². The lowest BCUT2D eigenvalue weighted by Gasteiger charge is -2.25. The van der Waals surface area contributed by atoms with Gasteiger partial charge in [0.2, 0.25) is 5.91 Å². The van der Waals surface area contributed by atoms with Crippen molar-refractivity contribution in [2.45, 2.75) is 57.4 Å². The molecule has 0 radical (unpaired) electrons. The SMILES string of the molecule is NC[C@@H]1CCCN1C(=O)[C@H]1C[C@H]1C1CCCCC1. The molecule has 2 saturated carbocycles. The van der Waals surface area contributed by atoms with E-state index < -0.39 is 0 Å². The van der Waals surface area contributed by atoms with Gasteiger partial charge in [0.15, 0.2) is 0 Å². The van der Waals surface area contributed by atoms with Gasteiger partial charge in [0.25, 0.3) is 0 Å². The molecule has 3 rings (SSSR count). The number of amides is 1. The molecule has 1 heterocycles. The number of nitrogens with two attached hydrogens (primary N) is 1. The first-order valence-corrected chi connectivity index (χ1v) is 7.82. The highest BCUT2D eigenvalue weighted by Crippen LogP contribution is 2.50. The lowest BCUT2D eigenvalue weighted by molar-refractivity contribution is -0.133. The molecule has 0 spiro atoms. The maximum Gasteiger partial charge on any atom is 0.226 e. The maximum absolute atomic E-state index is 12.5. The number of likely N-dealkylation sites (tertiary alicyclic amines) is 1. The normalized spacial score (nSPS) is 36.9. The topological polar surface area (TPSA) is 46.3 Å². The maximum atomic E-state index is 12.5. The standard InChI is InChI=1S/C15H26N2O/c16-10-12-7-4-8-17(12)15(18)14-9-13(14)11-5-2-1-3-6-11/h11-14H,1-10,16H2/t12-,13-,14-/m0/s1. The van der Waals surface area contributed by atoms with E-state index in [1.807, 2.05) is 0 Å². The first-order chi connectivity index (χ1) is 8.81. The van der Waals surface area contributed by atoms with E-state index in [9.17, 15) is 4.79 Å². The van der Waals surface area contributed by atoms with Crippen LogP contribution in [0.5, 0.6) is 0 Å². The Hall–Kier alpha value is -0.570. The minimum atomic E-state index is 0.338. The van der Waals surface area contributed by atoms with Gasteiger partial charge in [-0.2, -0.15) is 0 Å². The quantitative estimate of drug-likeness (QED) is 0.834. The number of nitrogens with zero attached hydrogens (tertiary/aromatic N) is 1. The Morgan fingerprint density at radius 1 is 1.11 bits per heavy atom. The number of carbonyl (C=O) groups is 1. The third kappa shape index (κ3) is 2.29. The van der Waals surface area contributed by atoms with E-state index in [0.29, 0.717) is 24.4 Å². The van der Waals surface area contributed by atoms with E-state index in [1.54, 1.807) is 0 Å². The fraction of sp³-hybridized carbons (Fsp3) is 0.933. The highest BCUT2D eigenvalue weighted by atomic mass is 16.2. The van der Waals surface area contributed by atoms with Crippen LogP contribution in [-0.2, 0) is 4.79 Å². The summed E-state index contributed by atoms with van der Waals surface area (Å²) >= 11 is 0. The zero-order chi connectivity index (χ0) is 12.5. The van der Waals surface area contributed by atoms with Crippen molar-refractivity contribution in [3.8, 4) is 0 Å². The van der Waals surface area contributed by atoms with Crippen LogP contribution in [0.2, 0.25) is 0 Å². The van der Waals surface area contributed by atoms with Crippen molar-refractivity contribution < 1.29 is 4.79 Å². The molecule has 0 aromatic carbocycles. The van der Waals surface area contributed by atoms with Crippen LogP contribution in [0.3, 0.4) is 0 Å². The molecule has 3 heteroatoms. The summed E-state index contributed by atoms with van der Waals surface area (Å²) < 4.78 is 0. The Morgan fingerprint density at radius 2 is 1.89 bits per heavy atom. The summed E-state index contributed by atoms with van der Waals surface area (Å²) in [6, 6.07) is 0.338. The summed E-state index contributed by atoms with van der Waals surface area (Å²) in [7, 11) is 0. The van der Waals surface area contributed by atoms with Gasteiger partial charge in [-0.3, -0.25) is 4.79 Å². The average Bonchev–Trinajstić information content (AvgIpc) is 3.08. The van der Waals surface area contributed by atoms with Crippen molar-refractivity contribution in [3.05, 3.63) is 0 Å². The molecular formula is C15H26N2O. The van der Waals surface area contributed by atoms with E-state index >= 15 is 0 Å². The zero-order valence-corrected chi connectivity index (χ0v) is 11.3. The van der Waals surface area contributed by atoms with Gasteiger partial charge >= 0.3 is 0 Å². The summed E-state index contributed by atoms with van der Waals surface area (Å²) in [5.74, 6) is 2.36. The van der Waals surface area contributed by atoms with E-state index in [4.69, 9.17) is 5.73 Å². The lowest BCUT2D eigenvalue weighted by atomic mass is 9.85. The fourth-order valence-electron chi connectivity index (χ4n) is 4.17. The second-order valence-corrected chi connectivity index (χ2v) is 6.47. The second-order valence-electron chi connectivity index (χ2n) is 6.47. The molecule has 2 N–H and O–H groups in total. The lowest BCUT2D eigenvalue weighted by Crippen LogP contribution is -2.41. The molecule has 0 aromatic heterocycles. The van der Waals surface area contributed by atoms with E-state index in [0.717, 1.165) is 37.6 Å². The van der Waals surface area contributed by atoms with Crippen LogP contribution < -0.4 is 5.73 Å². The van der Waals surface area contributed by atoms with Crippen molar-refractivity contribution in [2.75, 3.05) is 13.1 Å². The van der Waals surface area contributed by atoms with Crippen LogP contribution in [0.25, 0.3) is 0 Å². The molecule has 3 nitrogen and oxygen atoms in total. The molecule has 0 unspecified atom stereocenters. The molecule has 1 amide bonds. The Labute approximate surface area is 110 Å². The predicted octanol–water partition coefficient (Wildman–Crippen LogP) is 2.15. The molecule has 3 atom stereocenters. The van der Waals surface area contributed by atoms with Crippen LogP contribution in [0.15, 0.2) is 0 Å². The van der Waals surface area contributed by atoms with Crippen LogP contribution in [0.4, 0.5) is 0 Å². The number of carbonyl (C=O) groups excluding carboxylic acids is 1. The van der Waals surface area contributed by atoms with E-state index in [2.05, 4.69) is 4.90 Å². The van der Waals surface area contributed by atoms with Crippen LogP contribution in [-0.4, -0.2) is 29.9 Å². The van der Waals surface area contributed by atoms with Crippen molar-refractivity contribution in [1.29, 1.82) is 0 Å². The minimum Gasteiger partial charge on any atom is -0.338 e. The highest BCUT2D eigenvalue weighted by Gasteiger charge is 2.49. The molecular weight excluding hydrogens is 224 g/mol. The van der Waals surface area contributed by atoms with Gasteiger partial charge in [0.1, 0.15) is 0 Å². The van der Waals surface area contributed by atoms with Crippen molar-refractivity contribution in [2.24, 2.45) is 23.5 Å². The second kappa shape index (κ2) is 5.20. The summed E-state index contributed by atoms with van der Waals surface area (Å²) in [5.41, 5.74) is 5.77. The Morgan fingerprint density at radius 3 is 2.61 bits per heavy atom. The van der Waals surface area contributed by atoms with Crippen LogP contribution in [0, 0.1) is 17.8 Å². The third-order valence-corrected chi connectivity index (χ3v) is 5.34. The largest absolute Gasteiger partial charge is 0.338 e. The molecule has 102 valence electrons. The first kappa shape index (κ1) is 12.5. The van der Waals surface area contributed by atoms with Crippen LogP contribution in [0.1, 0.15) is 51.4 Å². The third-order valence-electron chi connectivity index (χ3n) is 5.34. The van der Waals surface area contributed by atoms with E-state index in [-0.39, 0.29) is 0 Å². The molecule has 1 saturated heterocycles. The van der Waals surface area contributed by atoms with Gasteiger partial charge in [0.05, 0.1) is 0 Å². The van der Waals surface area contributed by atoms with Gasteiger partial charge in [-0.15, -0.1) is 0 Å². The molecule has 18 heavy (non-hydrogen) atoms. The minimum absolute atomic E-state index is 0.338. The number of hydrogen-bond donors (Lipinski definition) is 1. The molecule has 3 fully saturated rings. The first-order valence-electron chi connectivity index (χ1n) is 7.82. The van der Waals surface area contributed by atoms with Gasteiger partial charge in [-0.1, -0.05) is 32.1 Å². The molecule has 3 aliphatic rings. The smallest absolute Gasteiger partial charge is 0.226 e. The summed E-state index contributed by atoms with van der Waals surface area (Å²) in [6.45, 7) is 1.60. The molecule has 0 bridgehead atoms. The van der Waals surface area contributed by atoms with Gasteiger partial charge in [-0.25, -0.2) is 0 Å².